The molecule has 1 aromatic rings. The van der Waals surface area contributed by atoms with Crippen LogP contribution in [0, 0.1) is 11.3 Å². The molecule has 0 amide bonds. The third-order valence-corrected chi connectivity index (χ3v) is 3.72. The Bertz CT molecular complexity index is 408. The topological polar surface area (TPSA) is 62.3 Å². The summed E-state index contributed by atoms with van der Waals surface area (Å²) >= 11 is 0. The van der Waals surface area contributed by atoms with E-state index in [1.807, 2.05) is 24.3 Å². The summed E-state index contributed by atoms with van der Waals surface area (Å²) in [5.41, 5.74) is 6.14. The van der Waals surface area contributed by atoms with Gasteiger partial charge in [0, 0.05) is 12.1 Å². The lowest BCUT2D eigenvalue weighted by Gasteiger charge is -2.29. The molecule has 2 rings (SSSR count). The SMILES string of the molecule is CC1CCN(CCOc2ccc(C(=N)N)cc2)CC1. The molecule has 4 nitrogen and oxygen atoms in total. The lowest BCUT2D eigenvalue weighted by Crippen LogP contribution is -2.35. The van der Waals surface area contributed by atoms with Gasteiger partial charge in [-0.3, -0.25) is 10.3 Å². The van der Waals surface area contributed by atoms with Crippen molar-refractivity contribution < 1.29 is 4.74 Å². The fourth-order valence-corrected chi connectivity index (χ4v) is 2.31. The van der Waals surface area contributed by atoms with Gasteiger partial charge >= 0.3 is 0 Å². The number of nitrogens with one attached hydrogen (secondary N) is 1. The van der Waals surface area contributed by atoms with Crippen LogP contribution < -0.4 is 10.5 Å². The number of amidine groups is 1. The van der Waals surface area contributed by atoms with Gasteiger partial charge in [-0.2, -0.15) is 0 Å². The van der Waals surface area contributed by atoms with Gasteiger partial charge in [0.15, 0.2) is 0 Å². The number of rotatable bonds is 5. The first-order valence-corrected chi connectivity index (χ1v) is 6.95. The molecule has 1 aromatic carbocycles. The molecule has 0 saturated carbocycles. The first kappa shape index (κ1) is 13.9. The third kappa shape index (κ3) is 4.24. The molecule has 4 heteroatoms. The molecule has 104 valence electrons. The molecule has 1 aliphatic rings. The summed E-state index contributed by atoms with van der Waals surface area (Å²) in [5.74, 6) is 1.81. The van der Waals surface area contributed by atoms with Crippen LogP contribution in [0.5, 0.6) is 5.75 Å². The maximum atomic E-state index is 7.32. The molecule has 1 saturated heterocycles. The van der Waals surface area contributed by atoms with Crippen LogP contribution in [0.25, 0.3) is 0 Å². The van der Waals surface area contributed by atoms with Gasteiger partial charge in [-0.25, -0.2) is 0 Å². The van der Waals surface area contributed by atoms with E-state index in [0.29, 0.717) is 6.61 Å². The predicted octanol–water partition coefficient (Wildman–Crippen LogP) is 2.08. The summed E-state index contributed by atoms with van der Waals surface area (Å²) in [5, 5.41) is 7.32. The van der Waals surface area contributed by atoms with E-state index in [4.69, 9.17) is 15.9 Å². The van der Waals surface area contributed by atoms with Crippen molar-refractivity contribution in [3.63, 3.8) is 0 Å². The van der Waals surface area contributed by atoms with Gasteiger partial charge in [-0.05, 0) is 56.1 Å². The zero-order chi connectivity index (χ0) is 13.7. The fraction of sp³-hybridized carbons (Fsp3) is 0.533. The van der Waals surface area contributed by atoms with Gasteiger partial charge in [-0.15, -0.1) is 0 Å². The Balaban J connectivity index is 1.72. The second-order valence-electron chi connectivity index (χ2n) is 5.31. The van der Waals surface area contributed by atoms with Gasteiger partial charge in [0.1, 0.15) is 18.2 Å². The Kier molecular flexibility index (Phi) is 4.80. The lowest BCUT2D eigenvalue weighted by molar-refractivity contribution is 0.160. The monoisotopic (exact) mass is 261 g/mol. The summed E-state index contributed by atoms with van der Waals surface area (Å²) in [4.78, 5) is 2.46. The van der Waals surface area contributed by atoms with Crippen molar-refractivity contribution in [3.05, 3.63) is 29.8 Å². The molecule has 0 aliphatic carbocycles. The van der Waals surface area contributed by atoms with Crippen LogP contribution in [-0.2, 0) is 0 Å². The van der Waals surface area contributed by atoms with Crippen molar-refractivity contribution in [2.45, 2.75) is 19.8 Å². The number of piperidine rings is 1. The largest absolute Gasteiger partial charge is 0.492 e. The van der Waals surface area contributed by atoms with E-state index in [9.17, 15) is 0 Å². The molecular weight excluding hydrogens is 238 g/mol. The van der Waals surface area contributed by atoms with Crippen molar-refractivity contribution in [1.82, 2.24) is 4.90 Å². The highest BCUT2D eigenvalue weighted by Gasteiger charge is 2.14. The molecule has 0 unspecified atom stereocenters. The van der Waals surface area contributed by atoms with Crippen molar-refractivity contribution in [1.29, 1.82) is 5.41 Å². The van der Waals surface area contributed by atoms with Gasteiger partial charge < -0.3 is 10.5 Å². The Hall–Kier alpha value is -1.55. The molecule has 1 aliphatic heterocycles. The van der Waals surface area contributed by atoms with Crippen LogP contribution in [-0.4, -0.2) is 37.0 Å². The zero-order valence-electron chi connectivity index (χ0n) is 11.6. The van der Waals surface area contributed by atoms with E-state index in [1.54, 1.807) is 0 Å². The van der Waals surface area contributed by atoms with Crippen LogP contribution in [0.3, 0.4) is 0 Å². The quantitative estimate of drug-likeness (QED) is 0.630. The van der Waals surface area contributed by atoms with Crippen LogP contribution in [0.1, 0.15) is 25.3 Å². The average molecular weight is 261 g/mol. The van der Waals surface area contributed by atoms with E-state index in [1.165, 1.54) is 25.9 Å². The summed E-state index contributed by atoms with van der Waals surface area (Å²) in [6.07, 6.45) is 2.60. The number of benzene rings is 1. The first-order chi connectivity index (χ1) is 9.15. The minimum atomic E-state index is 0.0917. The van der Waals surface area contributed by atoms with E-state index in [2.05, 4.69) is 11.8 Å². The van der Waals surface area contributed by atoms with Crippen molar-refractivity contribution in [3.8, 4) is 5.75 Å². The van der Waals surface area contributed by atoms with Crippen molar-refractivity contribution in [2.24, 2.45) is 11.7 Å². The van der Waals surface area contributed by atoms with Crippen LogP contribution in [0.15, 0.2) is 24.3 Å². The maximum absolute atomic E-state index is 7.32. The maximum Gasteiger partial charge on any atom is 0.122 e. The van der Waals surface area contributed by atoms with Gasteiger partial charge in [-0.1, -0.05) is 6.92 Å². The standard InChI is InChI=1S/C15H23N3O/c1-12-6-8-18(9-7-12)10-11-19-14-4-2-13(3-5-14)15(16)17/h2-5,12H,6-11H2,1H3,(H3,16,17). The highest BCUT2D eigenvalue weighted by molar-refractivity contribution is 5.94. The Morgan fingerprint density at radius 3 is 2.53 bits per heavy atom. The van der Waals surface area contributed by atoms with Crippen molar-refractivity contribution >= 4 is 5.84 Å². The molecule has 0 bridgehead atoms. The molecule has 0 atom stereocenters. The highest BCUT2D eigenvalue weighted by Crippen LogP contribution is 2.16. The van der Waals surface area contributed by atoms with Crippen LogP contribution in [0.4, 0.5) is 0 Å². The predicted molar refractivity (Wildman–Crippen MR) is 77.8 cm³/mol. The lowest BCUT2D eigenvalue weighted by atomic mass is 9.99. The van der Waals surface area contributed by atoms with E-state index in [0.717, 1.165) is 23.8 Å². The smallest absolute Gasteiger partial charge is 0.122 e. The zero-order valence-corrected chi connectivity index (χ0v) is 11.6. The van der Waals surface area contributed by atoms with E-state index < -0.39 is 0 Å². The number of nitrogens with zero attached hydrogens (tertiary/aromatic N) is 1. The number of nitrogens with two attached hydrogens (primary N) is 1. The number of likely N-dealkylation sites (tertiary alicyclic amines) is 1. The summed E-state index contributed by atoms with van der Waals surface area (Å²) in [6.45, 7) is 6.40. The number of nitrogen functional groups attached to an aromatic ring is 1. The third-order valence-electron chi connectivity index (χ3n) is 3.72. The molecule has 0 aromatic heterocycles. The number of ether oxygens (including phenoxy) is 1. The second kappa shape index (κ2) is 6.57. The fourth-order valence-electron chi connectivity index (χ4n) is 2.31. The Labute approximate surface area is 115 Å². The summed E-state index contributed by atoms with van der Waals surface area (Å²) < 4.78 is 5.72. The van der Waals surface area contributed by atoms with Crippen LogP contribution >= 0.6 is 0 Å². The molecule has 1 heterocycles. The van der Waals surface area contributed by atoms with Gasteiger partial charge in [0.2, 0.25) is 0 Å². The highest BCUT2D eigenvalue weighted by atomic mass is 16.5. The molecule has 0 radical (unpaired) electrons. The molecule has 0 spiro atoms. The first-order valence-electron chi connectivity index (χ1n) is 6.95. The van der Waals surface area contributed by atoms with Gasteiger partial charge in [0.05, 0.1) is 0 Å². The molecule has 3 N–H and O–H groups in total. The average Bonchev–Trinajstić information content (AvgIpc) is 2.41. The minimum absolute atomic E-state index is 0.0917. The molecule has 1 fully saturated rings. The normalized spacial score (nSPS) is 17.3. The van der Waals surface area contributed by atoms with Gasteiger partial charge in [0.25, 0.3) is 0 Å². The number of hydrogen-bond donors (Lipinski definition) is 2. The summed E-state index contributed by atoms with van der Waals surface area (Å²) in [6, 6.07) is 7.38. The Morgan fingerprint density at radius 2 is 1.95 bits per heavy atom. The minimum Gasteiger partial charge on any atom is -0.492 e. The second-order valence-corrected chi connectivity index (χ2v) is 5.31. The molecule has 19 heavy (non-hydrogen) atoms. The number of hydrogen-bond acceptors (Lipinski definition) is 3. The molecular formula is C15H23N3O. The van der Waals surface area contributed by atoms with E-state index in [-0.39, 0.29) is 5.84 Å². The van der Waals surface area contributed by atoms with Crippen molar-refractivity contribution in [2.75, 3.05) is 26.2 Å². The van der Waals surface area contributed by atoms with E-state index >= 15 is 0 Å². The Morgan fingerprint density at radius 1 is 1.32 bits per heavy atom. The van der Waals surface area contributed by atoms with Crippen LogP contribution in [0.2, 0.25) is 0 Å². The summed E-state index contributed by atoms with van der Waals surface area (Å²) in [7, 11) is 0.